The van der Waals surface area contributed by atoms with Crippen LogP contribution < -0.4 is 10.6 Å². The Balaban J connectivity index is 1.85. The van der Waals surface area contributed by atoms with Crippen molar-refractivity contribution >= 4 is 28.7 Å². The number of hydrogen-bond acceptors (Lipinski definition) is 4. The van der Waals surface area contributed by atoms with Crippen LogP contribution in [-0.2, 0) is 0 Å². The van der Waals surface area contributed by atoms with Crippen molar-refractivity contribution in [1.82, 2.24) is 0 Å². The third-order valence-electron chi connectivity index (χ3n) is 3.80. The molecular weight excluding hydrogens is 342 g/mol. The maximum Gasteiger partial charge on any atom is 0.293 e. The fourth-order valence-corrected chi connectivity index (χ4v) is 2.50. The van der Waals surface area contributed by atoms with Crippen LogP contribution in [0.5, 0.6) is 0 Å². The summed E-state index contributed by atoms with van der Waals surface area (Å²) < 4.78 is 0. The van der Waals surface area contributed by atoms with Gasteiger partial charge in [0.15, 0.2) is 0 Å². The lowest BCUT2D eigenvalue weighted by Crippen LogP contribution is -2.12. The standard InChI is InChI=1S/C21H15N3O3/c1-2-15-7-6-10-18(13-15)23-21(25)16-11-12-19(20(14-16)24(26)27)22-17-8-4-3-5-9-17/h1,3-14,22H,(H,23,25). The summed E-state index contributed by atoms with van der Waals surface area (Å²) in [6.07, 6.45) is 5.35. The zero-order valence-corrected chi connectivity index (χ0v) is 14.2. The van der Waals surface area contributed by atoms with Gasteiger partial charge in [-0.1, -0.05) is 30.2 Å². The third kappa shape index (κ3) is 4.30. The average molecular weight is 357 g/mol. The summed E-state index contributed by atoms with van der Waals surface area (Å²) >= 11 is 0. The van der Waals surface area contributed by atoms with E-state index in [0.29, 0.717) is 22.6 Å². The van der Waals surface area contributed by atoms with E-state index in [9.17, 15) is 14.9 Å². The molecule has 6 heteroatoms. The normalized spacial score (nSPS) is 9.89. The van der Waals surface area contributed by atoms with Crippen LogP contribution in [0.15, 0.2) is 72.8 Å². The molecule has 27 heavy (non-hydrogen) atoms. The SMILES string of the molecule is C#Cc1cccc(NC(=O)c2ccc(Nc3ccccc3)c([N+](=O)[O-])c2)c1. The van der Waals surface area contributed by atoms with Crippen LogP contribution in [0.3, 0.4) is 0 Å². The molecular formula is C21H15N3O3. The van der Waals surface area contributed by atoms with Crippen LogP contribution in [0.4, 0.5) is 22.7 Å². The smallest absolute Gasteiger partial charge is 0.293 e. The number of hydrogen-bond donors (Lipinski definition) is 2. The monoisotopic (exact) mass is 357 g/mol. The molecule has 3 rings (SSSR count). The number of nitrogens with one attached hydrogen (secondary N) is 2. The second-order valence-electron chi connectivity index (χ2n) is 5.66. The molecule has 0 aliphatic carbocycles. The highest BCUT2D eigenvalue weighted by atomic mass is 16.6. The van der Waals surface area contributed by atoms with E-state index in [2.05, 4.69) is 16.6 Å². The van der Waals surface area contributed by atoms with E-state index < -0.39 is 10.8 Å². The molecule has 0 radical (unpaired) electrons. The molecule has 0 aromatic heterocycles. The van der Waals surface area contributed by atoms with Gasteiger partial charge in [-0.05, 0) is 42.5 Å². The van der Waals surface area contributed by atoms with Gasteiger partial charge in [0.1, 0.15) is 5.69 Å². The van der Waals surface area contributed by atoms with Crippen LogP contribution in [0, 0.1) is 22.5 Å². The van der Waals surface area contributed by atoms with Crippen LogP contribution in [-0.4, -0.2) is 10.8 Å². The molecule has 0 aliphatic heterocycles. The molecule has 0 unspecified atom stereocenters. The van der Waals surface area contributed by atoms with Crippen molar-refractivity contribution in [3.63, 3.8) is 0 Å². The van der Waals surface area contributed by atoms with E-state index in [4.69, 9.17) is 6.42 Å². The highest BCUT2D eigenvalue weighted by Crippen LogP contribution is 2.29. The molecule has 3 aromatic rings. The summed E-state index contributed by atoms with van der Waals surface area (Å²) in [5.41, 5.74) is 2.14. The van der Waals surface area contributed by atoms with Crippen LogP contribution in [0.1, 0.15) is 15.9 Å². The Bertz CT molecular complexity index is 1040. The highest BCUT2D eigenvalue weighted by molar-refractivity contribution is 6.05. The van der Waals surface area contributed by atoms with Gasteiger partial charge in [0, 0.05) is 28.6 Å². The minimum absolute atomic E-state index is 0.173. The van der Waals surface area contributed by atoms with Crippen LogP contribution in [0.25, 0.3) is 0 Å². The van der Waals surface area contributed by atoms with Crippen molar-refractivity contribution < 1.29 is 9.72 Å². The molecule has 0 saturated carbocycles. The van der Waals surface area contributed by atoms with E-state index in [-0.39, 0.29) is 11.3 Å². The van der Waals surface area contributed by atoms with Crippen molar-refractivity contribution in [2.45, 2.75) is 0 Å². The molecule has 0 bridgehead atoms. The van der Waals surface area contributed by atoms with E-state index in [1.54, 1.807) is 36.4 Å². The number of amides is 1. The van der Waals surface area contributed by atoms with Gasteiger partial charge in [0.25, 0.3) is 11.6 Å². The zero-order chi connectivity index (χ0) is 19.2. The van der Waals surface area contributed by atoms with E-state index >= 15 is 0 Å². The fraction of sp³-hybridized carbons (Fsp3) is 0. The first-order chi connectivity index (χ1) is 13.1. The predicted octanol–water partition coefficient (Wildman–Crippen LogP) is 4.57. The molecule has 0 aliphatic rings. The van der Waals surface area contributed by atoms with Crippen molar-refractivity contribution in [3.05, 3.63) is 94.0 Å². The summed E-state index contributed by atoms with van der Waals surface area (Å²) in [5.74, 6) is 2.03. The van der Waals surface area contributed by atoms with Crippen LogP contribution in [0.2, 0.25) is 0 Å². The number of anilines is 3. The first-order valence-electron chi connectivity index (χ1n) is 8.05. The molecule has 2 N–H and O–H groups in total. The Kier molecular flexibility index (Phi) is 5.15. The Morgan fingerprint density at radius 3 is 2.41 bits per heavy atom. The number of nitro groups is 1. The lowest BCUT2D eigenvalue weighted by atomic mass is 10.1. The number of nitrogens with zero attached hydrogens (tertiary/aromatic N) is 1. The van der Waals surface area contributed by atoms with Gasteiger partial charge in [0.2, 0.25) is 0 Å². The quantitative estimate of drug-likeness (QED) is 0.398. The number of para-hydroxylation sites is 1. The Morgan fingerprint density at radius 2 is 1.70 bits per heavy atom. The third-order valence-corrected chi connectivity index (χ3v) is 3.80. The number of terminal acetylenes is 1. The summed E-state index contributed by atoms with van der Waals surface area (Å²) in [5, 5.41) is 17.1. The molecule has 1 amide bonds. The lowest BCUT2D eigenvalue weighted by Gasteiger charge is -2.09. The van der Waals surface area contributed by atoms with Gasteiger partial charge in [0.05, 0.1) is 4.92 Å². The second kappa shape index (κ2) is 7.85. The number of carbonyl (C=O) groups is 1. The molecule has 0 spiro atoms. The number of carbonyl (C=O) groups excluding carboxylic acids is 1. The summed E-state index contributed by atoms with van der Waals surface area (Å²) in [6.45, 7) is 0. The molecule has 0 heterocycles. The molecule has 132 valence electrons. The van der Waals surface area contributed by atoms with Gasteiger partial charge in [-0.15, -0.1) is 6.42 Å². The molecule has 0 saturated heterocycles. The minimum atomic E-state index is -0.527. The largest absolute Gasteiger partial charge is 0.350 e. The molecule has 0 atom stereocenters. The van der Waals surface area contributed by atoms with Gasteiger partial charge in [-0.3, -0.25) is 14.9 Å². The van der Waals surface area contributed by atoms with Gasteiger partial charge in [-0.2, -0.15) is 0 Å². The second-order valence-corrected chi connectivity index (χ2v) is 5.66. The number of rotatable bonds is 5. The fourth-order valence-electron chi connectivity index (χ4n) is 2.50. The lowest BCUT2D eigenvalue weighted by molar-refractivity contribution is -0.383. The average Bonchev–Trinajstić information content (AvgIpc) is 2.69. The van der Waals surface area contributed by atoms with Crippen molar-refractivity contribution in [1.29, 1.82) is 0 Å². The van der Waals surface area contributed by atoms with Crippen LogP contribution >= 0.6 is 0 Å². The van der Waals surface area contributed by atoms with E-state index in [0.717, 1.165) is 0 Å². The molecule has 3 aromatic carbocycles. The van der Waals surface area contributed by atoms with Crippen molar-refractivity contribution in [3.8, 4) is 12.3 Å². The Labute approximate surface area is 156 Å². The molecule has 6 nitrogen and oxygen atoms in total. The maximum absolute atomic E-state index is 12.5. The number of nitro benzene ring substituents is 1. The van der Waals surface area contributed by atoms with Gasteiger partial charge >= 0.3 is 0 Å². The van der Waals surface area contributed by atoms with E-state index in [1.165, 1.54) is 18.2 Å². The maximum atomic E-state index is 12.5. The minimum Gasteiger partial charge on any atom is -0.350 e. The van der Waals surface area contributed by atoms with Gasteiger partial charge in [-0.25, -0.2) is 0 Å². The Hall–Kier alpha value is -4.11. The van der Waals surface area contributed by atoms with Gasteiger partial charge < -0.3 is 10.6 Å². The summed E-state index contributed by atoms with van der Waals surface area (Å²) in [7, 11) is 0. The highest BCUT2D eigenvalue weighted by Gasteiger charge is 2.18. The first kappa shape index (κ1) is 17.7. The zero-order valence-electron chi connectivity index (χ0n) is 14.2. The molecule has 0 fully saturated rings. The predicted molar refractivity (Wildman–Crippen MR) is 105 cm³/mol. The first-order valence-corrected chi connectivity index (χ1v) is 8.05. The number of benzene rings is 3. The van der Waals surface area contributed by atoms with Crippen molar-refractivity contribution in [2.75, 3.05) is 10.6 Å². The van der Waals surface area contributed by atoms with Crippen molar-refractivity contribution in [2.24, 2.45) is 0 Å². The van der Waals surface area contributed by atoms with E-state index in [1.807, 2.05) is 18.2 Å². The summed E-state index contributed by atoms with van der Waals surface area (Å²) in [6, 6.07) is 20.2. The topological polar surface area (TPSA) is 84.3 Å². The summed E-state index contributed by atoms with van der Waals surface area (Å²) in [4.78, 5) is 23.4. The Morgan fingerprint density at radius 1 is 0.963 bits per heavy atom.